The van der Waals surface area contributed by atoms with Gasteiger partial charge < -0.3 is 15.0 Å². The molecule has 1 aliphatic carbocycles. The first-order valence-electron chi connectivity index (χ1n) is 12.2. The normalized spacial score (nSPS) is 17.7. The molecular formula is C29H30N2O3. The molecule has 0 aromatic heterocycles. The first kappa shape index (κ1) is 22.3. The Labute approximate surface area is 200 Å². The molecule has 0 radical (unpaired) electrons. The van der Waals surface area contributed by atoms with Crippen molar-refractivity contribution in [3.8, 4) is 0 Å². The van der Waals surface area contributed by atoms with Crippen LogP contribution in [0.5, 0.6) is 0 Å². The Balaban J connectivity index is 1.36. The number of nitrogens with one attached hydrogen (secondary N) is 1. The SMILES string of the molecule is O=CC(Cc1ccccc1)NC(=O)C1(C(=O)N2Cc3cc4ccccc4cc3C2)CCCCC1. The second kappa shape index (κ2) is 9.41. The highest BCUT2D eigenvalue weighted by Crippen LogP contribution is 2.41. The number of amides is 2. The van der Waals surface area contributed by atoms with Crippen LogP contribution in [-0.2, 0) is 33.9 Å². The van der Waals surface area contributed by atoms with E-state index >= 15 is 0 Å². The van der Waals surface area contributed by atoms with E-state index < -0.39 is 11.5 Å². The van der Waals surface area contributed by atoms with E-state index in [1.54, 1.807) is 0 Å². The predicted molar refractivity (Wildman–Crippen MR) is 132 cm³/mol. The minimum Gasteiger partial charge on any atom is -0.345 e. The molecule has 5 nitrogen and oxygen atoms in total. The van der Waals surface area contributed by atoms with E-state index in [0.717, 1.165) is 53.0 Å². The van der Waals surface area contributed by atoms with Gasteiger partial charge in [-0.05, 0) is 58.9 Å². The van der Waals surface area contributed by atoms with Crippen molar-refractivity contribution in [3.05, 3.63) is 83.4 Å². The Kier molecular flexibility index (Phi) is 6.18. The fourth-order valence-corrected chi connectivity index (χ4v) is 5.54. The Hall–Kier alpha value is -3.47. The maximum Gasteiger partial charge on any atom is 0.238 e. The first-order chi connectivity index (χ1) is 16.6. The summed E-state index contributed by atoms with van der Waals surface area (Å²) in [6, 6.07) is 21.5. The molecule has 3 aromatic rings. The predicted octanol–water partition coefficient (Wildman–Crippen LogP) is 4.56. The van der Waals surface area contributed by atoms with E-state index in [0.29, 0.717) is 32.4 Å². The van der Waals surface area contributed by atoms with Gasteiger partial charge in [0.1, 0.15) is 11.7 Å². The largest absolute Gasteiger partial charge is 0.345 e. The summed E-state index contributed by atoms with van der Waals surface area (Å²) < 4.78 is 0. The molecule has 1 aliphatic heterocycles. The quantitative estimate of drug-likeness (QED) is 0.439. The van der Waals surface area contributed by atoms with Crippen LogP contribution in [0.25, 0.3) is 10.8 Å². The number of hydrogen-bond donors (Lipinski definition) is 1. The lowest BCUT2D eigenvalue weighted by Crippen LogP contribution is -2.55. The Bertz CT molecular complexity index is 1170. The van der Waals surface area contributed by atoms with E-state index in [2.05, 4.69) is 29.6 Å². The van der Waals surface area contributed by atoms with Crippen LogP contribution in [0, 0.1) is 5.41 Å². The van der Waals surface area contributed by atoms with Gasteiger partial charge in [0.05, 0.1) is 6.04 Å². The standard InChI is InChI=1S/C29H30N2O3/c32-20-26(15-21-9-3-1-4-10-21)30-27(33)29(13-7-2-8-14-29)28(34)31-18-24-16-22-11-5-6-12-23(22)17-25(24)19-31/h1,3-6,9-12,16-17,20,26H,2,7-8,13-15,18-19H2,(H,30,33). The second-order valence-corrected chi connectivity index (χ2v) is 9.68. The van der Waals surface area contributed by atoms with Crippen molar-refractivity contribution >= 4 is 28.9 Å². The zero-order valence-corrected chi connectivity index (χ0v) is 19.3. The van der Waals surface area contributed by atoms with Crippen LogP contribution in [0.3, 0.4) is 0 Å². The maximum atomic E-state index is 13.9. The number of hydrogen-bond acceptors (Lipinski definition) is 3. The molecule has 1 heterocycles. The van der Waals surface area contributed by atoms with Gasteiger partial charge in [-0.3, -0.25) is 9.59 Å². The number of aldehydes is 1. The molecule has 1 N–H and O–H groups in total. The molecule has 5 rings (SSSR count). The Morgan fingerprint density at radius 1 is 0.882 bits per heavy atom. The average molecular weight is 455 g/mol. The van der Waals surface area contributed by atoms with Crippen molar-refractivity contribution in [1.29, 1.82) is 0 Å². The number of rotatable bonds is 6. The highest BCUT2D eigenvalue weighted by molar-refractivity contribution is 6.06. The Morgan fingerprint density at radius 2 is 1.47 bits per heavy atom. The number of carbonyl (C=O) groups excluding carboxylic acids is 3. The fourth-order valence-electron chi connectivity index (χ4n) is 5.54. The van der Waals surface area contributed by atoms with Gasteiger partial charge in [0, 0.05) is 13.1 Å². The van der Waals surface area contributed by atoms with Gasteiger partial charge in [0.2, 0.25) is 11.8 Å². The van der Waals surface area contributed by atoms with Crippen molar-refractivity contribution in [2.45, 2.75) is 57.7 Å². The van der Waals surface area contributed by atoms with Gasteiger partial charge in [0.25, 0.3) is 0 Å². The molecule has 1 unspecified atom stereocenters. The van der Waals surface area contributed by atoms with Crippen LogP contribution in [-0.4, -0.2) is 29.0 Å². The van der Waals surface area contributed by atoms with E-state index in [9.17, 15) is 14.4 Å². The van der Waals surface area contributed by atoms with E-state index in [-0.39, 0.29) is 11.8 Å². The van der Waals surface area contributed by atoms with E-state index in [4.69, 9.17) is 0 Å². The summed E-state index contributed by atoms with van der Waals surface area (Å²) in [6.45, 7) is 1.05. The summed E-state index contributed by atoms with van der Waals surface area (Å²) in [6.07, 6.45) is 4.97. The number of nitrogens with zero attached hydrogens (tertiary/aromatic N) is 1. The summed E-state index contributed by atoms with van der Waals surface area (Å²) in [5, 5.41) is 5.25. The molecular weight excluding hydrogens is 424 g/mol. The van der Waals surface area contributed by atoms with Gasteiger partial charge in [0.15, 0.2) is 0 Å². The van der Waals surface area contributed by atoms with Crippen LogP contribution in [0.15, 0.2) is 66.7 Å². The molecule has 0 saturated heterocycles. The lowest BCUT2D eigenvalue weighted by molar-refractivity contribution is -0.154. The number of fused-ring (bicyclic) bond motifs is 2. The lowest BCUT2D eigenvalue weighted by Gasteiger charge is -2.38. The molecule has 5 heteroatoms. The number of carbonyl (C=O) groups is 3. The van der Waals surface area contributed by atoms with Crippen molar-refractivity contribution in [1.82, 2.24) is 10.2 Å². The minimum atomic E-state index is -1.10. The average Bonchev–Trinajstić information content (AvgIpc) is 3.30. The zero-order chi connectivity index (χ0) is 23.5. The van der Waals surface area contributed by atoms with Crippen LogP contribution < -0.4 is 5.32 Å². The van der Waals surface area contributed by atoms with Crippen molar-refractivity contribution in [3.63, 3.8) is 0 Å². The Morgan fingerprint density at radius 3 is 2.06 bits per heavy atom. The number of benzene rings is 3. The lowest BCUT2D eigenvalue weighted by atomic mass is 9.72. The molecule has 34 heavy (non-hydrogen) atoms. The summed E-state index contributed by atoms with van der Waals surface area (Å²) in [5.41, 5.74) is 2.17. The molecule has 0 spiro atoms. The van der Waals surface area contributed by atoms with Crippen LogP contribution in [0.2, 0.25) is 0 Å². The topological polar surface area (TPSA) is 66.5 Å². The molecule has 0 bridgehead atoms. The van der Waals surface area contributed by atoms with Gasteiger partial charge in [-0.25, -0.2) is 0 Å². The molecule has 3 aromatic carbocycles. The highest BCUT2D eigenvalue weighted by atomic mass is 16.2. The maximum absolute atomic E-state index is 13.9. The molecule has 1 saturated carbocycles. The summed E-state index contributed by atoms with van der Waals surface area (Å²) in [7, 11) is 0. The van der Waals surface area contributed by atoms with Crippen LogP contribution >= 0.6 is 0 Å². The minimum absolute atomic E-state index is 0.102. The third-order valence-corrected chi connectivity index (χ3v) is 7.41. The third kappa shape index (κ3) is 4.23. The van der Waals surface area contributed by atoms with Gasteiger partial charge in [-0.15, -0.1) is 0 Å². The molecule has 2 amide bonds. The van der Waals surface area contributed by atoms with Crippen LogP contribution in [0.1, 0.15) is 48.8 Å². The van der Waals surface area contributed by atoms with Crippen molar-refractivity contribution in [2.75, 3.05) is 0 Å². The third-order valence-electron chi connectivity index (χ3n) is 7.41. The van der Waals surface area contributed by atoms with E-state index in [1.165, 1.54) is 0 Å². The zero-order valence-electron chi connectivity index (χ0n) is 19.3. The summed E-state index contributed by atoms with van der Waals surface area (Å²) in [4.78, 5) is 41.2. The van der Waals surface area contributed by atoms with Crippen LogP contribution in [0.4, 0.5) is 0 Å². The monoisotopic (exact) mass is 454 g/mol. The smallest absolute Gasteiger partial charge is 0.238 e. The van der Waals surface area contributed by atoms with Gasteiger partial charge in [-0.2, -0.15) is 0 Å². The van der Waals surface area contributed by atoms with E-state index in [1.807, 2.05) is 47.4 Å². The molecule has 174 valence electrons. The first-order valence-corrected chi connectivity index (χ1v) is 12.2. The molecule has 1 fully saturated rings. The van der Waals surface area contributed by atoms with Gasteiger partial charge >= 0.3 is 0 Å². The van der Waals surface area contributed by atoms with Crippen molar-refractivity contribution < 1.29 is 14.4 Å². The van der Waals surface area contributed by atoms with Gasteiger partial charge in [-0.1, -0.05) is 73.9 Å². The fraction of sp³-hybridized carbons (Fsp3) is 0.345. The summed E-state index contributed by atoms with van der Waals surface area (Å²) >= 11 is 0. The highest BCUT2D eigenvalue weighted by Gasteiger charge is 2.49. The summed E-state index contributed by atoms with van der Waals surface area (Å²) in [5.74, 6) is -0.402. The molecule has 1 atom stereocenters. The molecule has 2 aliphatic rings. The van der Waals surface area contributed by atoms with Crippen molar-refractivity contribution in [2.24, 2.45) is 5.41 Å². The second-order valence-electron chi connectivity index (χ2n) is 9.68.